The predicted molar refractivity (Wildman–Crippen MR) is 103 cm³/mol. The van der Waals surface area contributed by atoms with E-state index in [4.69, 9.17) is 4.74 Å². The molecule has 0 fully saturated rings. The van der Waals surface area contributed by atoms with E-state index in [2.05, 4.69) is 10.6 Å². The summed E-state index contributed by atoms with van der Waals surface area (Å²) in [5.41, 5.74) is 2.19. The summed E-state index contributed by atoms with van der Waals surface area (Å²) < 4.78 is 4.81. The van der Waals surface area contributed by atoms with Crippen molar-refractivity contribution in [2.24, 2.45) is 0 Å². The van der Waals surface area contributed by atoms with Gasteiger partial charge in [-0.3, -0.25) is 9.59 Å². The van der Waals surface area contributed by atoms with Crippen molar-refractivity contribution in [2.45, 2.75) is 32.2 Å². The lowest BCUT2D eigenvalue weighted by atomic mass is 10.0. The first-order chi connectivity index (χ1) is 13.0. The van der Waals surface area contributed by atoms with Gasteiger partial charge in [-0.05, 0) is 49.1 Å². The van der Waals surface area contributed by atoms with E-state index in [0.29, 0.717) is 17.7 Å². The van der Waals surface area contributed by atoms with Crippen LogP contribution in [-0.4, -0.2) is 30.9 Å². The van der Waals surface area contributed by atoms with Crippen LogP contribution in [0.4, 0.5) is 5.69 Å². The third kappa shape index (κ3) is 6.58. The normalized spacial score (nSPS) is 11.3. The zero-order chi connectivity index (χ0) is 19.6. The Labute approximate surface area is 158 Å². The molecule has 0 spiro atoms. The summed E-state index contributed by atoms with van der Waals surface area (Å²) in [6.45, 7) is 1.41. The molecule has 0 bridgehead atoms. The average Bonchev–Trinajstić information content (AvgIpc) is 2.67. The summed E-state index contributed by atoms with van der Waals surface area (Å²) in [6, 6.07) is 15.7. The van der Waals surface area contributed by atoms with Crippen molar-refractivity contribution in [1.82, 2.24) is 5.32 Å². The van der Waals surface area contributed by atoms with E-state index in [1.807, 2.05) is 30.3 Å². The maximum atomic E-state index is 12.4. The minimum Gasteiger partial charge on any atom is -0.467 e. The number of esters is 1. The molecule has 0 heterocycles. The van der Waals surface area contributed by atoms with Crippen LogP contribution >= 0.6 is 0 Å². The van der Waals surface area contributed by atoms with Gasteiger partial charge in [-0.15, -0.1) is 0 Å². The van der Waals surface area contributed by atoms with Gasteiger partial charge >= 0.3 is 5.97 Å². The third-order valence-electron chi connectivity index (χ3n) is 4.06. The molecule has 2 aromatic rings. The van der Waals surface area contributed by atoms with Crippen molar-refractivity contribution in [3.05, 3.63) is 65.7 Å². The SMILES string of the molecule is COC(=O)[C@H](CCCc1ccccc1)NC(=O)c1ccc(NC(C)=O)cc1. The molecule has 6 nitrogen and oxygen atoms in total. The summed E-state index contributed by atoms with van der Waals surface area (Å²) in [7, 11) is 1.31. The van der Waals surface area contributed by atoms with Crippen LogP contribution in [0.1, 0.15) is 35.7 Å². The Hall–Kier alpha value is -3.15. The molecule has 0 saturated carbocycles. The van der Waals surface area contributed by atoms with Crippen molar-refractivity contribution in [1.29, 1.82) is 0 Å². The fraction of sp³-hybridized carbons (Fsp3) is 0.286. The lowest BCUT2D eigenvalue weighted by Gasteiger charge is -2.16. The second kappa shape index (κ2) is 10.1. The number of carbonyl (C=O) groups excluding carboxylic acids is 3. The number of benzene rings is 2. The van der Waals surface area contributed by atoms with Crippen LogP contribution in [0.25, 0.3) is 0 Å². The van der Waals surface area contributed by atoms with Crippen LogP contribution in [0.3, 0.4) is 0 Å². The van der Waals surface area contributed by atoms with Crippen LogP contribution in [0, 0.1) is 0 Å². The number of hydrogen-bond donors (Lipinski definition) is 2. The Morgan fingerprint density at radius 3 is 2.26 bits per heavy atom. The molecule has 2 amide bonds. The minimum absolute atomic E-state index is 0.184. The Bertz CT molecular complexity index is 773. The van der Waals surface area contributed by atoms with Gasteiger partial charge in [0.05, 0.1) is 7.11 Å². The summed E-state index contributed by atoms with van der Waals surface area (Å²) in [5.74, 6) is -1.01. The average molecular weight is 368 g/mol. The molecule has 1 atom stereocenters. The molecule has 0 saturated heterocycles. The smallest absolute Gasteiger partial charge is 0.328 e. The first kappa shape index (κ1) is 20.2. The van der Waals surface area contributed by atoms with E-state index >= 15 is 0 Å². The van der Waals surface area contributed by atoms with Crippen LogP contribution in [0.5, 0.6) is 0 Å². The summed E-state index contributed by atoms with van der Waals surface area (Å²) >= 11 is 0. The van der Waals surface area contributed by atoms with Gasteiger partial charge in [-0.1, -0.05) is 30.3 Å². The molecule has 0 unspecified atom stereocenters. The zero-order valence-electron chi connectivity index (χ0n) is 15.5. The van der Waals surface area contributed by atoms with Crippen LogP contribution in [0.15, 0.2) is 54.6 Å². The number of amides is 2. The number of aryl methyl sites for hydroxylation is 1. The highest BCUT2D eigenvalue weighted by Crippen LogP contribution is 2.11. The van der Waals surface area contributed by atoms with Gasteiger partial charge in [-0.2, -0.15) is 0 Å². The topological polar surface area (TPSA) is 84.5 Å². The van der Waals surface area contributed by atoms with Gasteiger partial charge < -0.3 is 15.4 Å². The maximum absolute atomic E-state index is 12.4. The molecule has 0 aliphatic heterocycles. The quantitative estimate of drug-likeness (QED) is 0.702. The molecule has 0 aromatic heterocycles. The number of anilines is 1. The van der Waals surface area contributed by atoms with E-state index in [9.17, 15) is 14.4 Å². The monoisotopic (exact) mass is 368 g/mol. The van der Waals surface area contributed by atoms with E-state index < -0.39 is 12.0 Å². The second-order valence-corrected chi connectivity index (χ2v) is 6.19. The summed E-state index contributed by atoms with van der Waals surface area (Å²) in [4.78, 5) is 35.5. The largest absolute Gasteiger partial charge is 0.467 e. The van der Waals surface area contributed by atoms with Gasteiger partial charge in [0.1, 0.15) is 6.04 Å². The fourth-order valence-corrected chi connectivity index (χ4v) is 2.70. The lowest BCUT2D eigenvalue weighted by Crippen LogP contribution is -2.41. The number of hydrogen-bond acceptors (Lipinski definition) is 4. The Morgan fingerprint density at radius 1 is 1.00 bits per heavy atom. The first-order valence-corrected chi connectivity index (χ1v) is 8.80. The van der Waals surface area contributed by atoms with E-state index in [1.54, 1.807) is 24.3 Å². The first-order valence-electron chi connectivity index (χ1n) is 8.80. The summed E-state index contributed by atoms with van der Waals surface area (Å²) in [5, 5.41) is 5.37. The molecular formula is C21H24N2O4. The van der Waals surface area contributed by atoms with Gasteiger partial charge in [0, 0.05) is 18.2 Å². The van der Waals surface area contributed by atoms with Gasteiger partial charge in [0.2, 0.25) is 5.91 Å². The Morgan fingerprint density at radius 2 is 1.67 bits per heavy atom. The van der Waals surface area contributed by atoms with Crippen molar-refractivity contribution in [3.8, 4) is 0 Å². The molecule has 0 aliphatic carbocycles. The maximum Gasteiger partial charge on any atom is 0.328 e. The molecule has 142 valence electrons. The van der Waals surface area contributed by atoms with Gasteiger partial charge in [0.25, 0.3) is 5.91 Å². The number of carbonyl (C=O) groups is 3. The van der Waals surface area contributed by atoms with Crippen LogP contribution in [-0.2, 0) is 20.7 Å². The molecule has 2 aromatic carbocycles. The highest BCUT2D eigenvalue weighted by molar-refractivity contribution is 5.97. The molecule has 0 radical (unpaired) electrons. The van der Waals surface area contributed by atoms with Crippen LogP contribution in [0.2, 0.25) is 0 Å². The van der Waals surface area contributed by atoms with E-state index in [1.165, 1.54) is 19.6 Å². The van der Waals surface area contributed by atoms with Crippen molar-refractivity contribution >= 4 is 23.5 Å². The van der Waals surface area contributed by atoms with Gasteiger partial charge in [0.15, 0.2) is 0 Å². The molecule has 2 N–H and O–H groups in total. The lowest BCUT2D eigenvalue weighted by molar-refractivity contribution is -0.143. The number of ether oxygens (including phenoxy) is 1. The zero-order valence-corrected chi connectivity index (χ0v) is 15.5. The third-order valence-corrected chi connectivity index (χ3v) is 4.06. The predicted octanol–water partition coefficient (Wildman–Crippen LogP) is 2.94. The number of methoxy groups -OCH3 is 1. The van der Waals surface area contributed by atoms with E-state index in [-0.39, 0.29) is 11.8 Å². The molecule has 27 heavy (non-hydrogen) atoms. The summed E-state index contributed by atoms with van der Waals surface area (Å²) in [6.07, 6.45) is 2.04. The molecule has 6 heteroatoms. The Balaban J connectivity index is 1.94. The molecule has 2 rings (SSSR count). The molecule has 0 aliphatic rings. The molecular weight excluding hydrogens is 344 g/mol. The number of nitrogens with one attached hydrogen (secondary N) is 2. The van der Waals surface area contributed by atoms with Crippen molar-refractivity contribution in [3.63, 3.8) is 0 Å². The number of rotatable bonds is 8. The van der Waals surface area contributed by atoms with Crippen LogP contribution < -0.4 is 10.6 Å². The standard InChI is InChI=1S/C21H24N2O4/c1-15(24)22-18-13-11-17(12-14-18)20(25)23-19(21(26)27-2)10-6-9-16-7-4-3-5-8-16/h3-5,7-8,11-14,19H,6,9-10H2,1-2H3,(H,22,24)(H,23,25)/t19-/m0/s1. The fourth-order valence-electron chi connectivity index (χ4n) is 2.70. The van der Waals surface area contributed by atoms with Gasteiger partial charge in [-0.25, -0.2) is 4.79 Å². The second-order valence-electron chi connectivity index (χ2n) is 6.19. The van der Waals surface area contributed by atoms with Crippen molar-refractivity contribution < 1.29 is 19.1 Å². The highest BCUT2D eigenvalue weighted by Gasteiger charge is 2.21. The van der Waals surface area contributed by atoms with Crippen molar-refractivity contribution in [2.75, 3.05) is 12.4 Å². The minimum atomic E-state index is -0.707. The Kier molecular flexibility index (Phi) is 7.55. The van der Waals surface area contributed by atoms with E-state index in [0.717, 1.165) is 12.8 Å². The highest BCUT2D eigenvalue weighted by atomic mass is 16.5.